The lowest BCUT2D eigenvalue weighted by atomic mass is 10.1. The monoisotopic (exact) mass is 346 g/mol. The Hall–Kier alpha value is -2.51. The number of nitrogens with zero attached hydrogens (tertiary/aromatic N) is 1. The Morgan fingerprint density at radius 2 is 2.12 bits per heavy atom. The average molecular weight is 346 g/mol. The molecule has 7 heteroatoms. The number of aromatic hydroxyl groups is 1. The van der Waals surface area contributed by atoms with Crippen molar-refractivity contribution in [2.45, 2.75) is 19.1 Å². The Morgan fingerprint density at radius 1 is 1.32 bits per heavy atom. The molecule has 3 N–H and O–H groups in total. The molecule has 0 aliphatic carbocycles. The third kappa shape index (κ3) is 4.12. The van der Waals surface area contributed by atoms with Crippen molar-refractivity contribution in [3.05, 3.63) is 36.0 Å². The van der Waals surface area contributed by atoms with Gasteiger partial charge >= 0.3 is 0 Å². The highest BCUT2D eigenvalue weighted by molar-refractivity contribution is 5.94. The van der Waals surface area contributed by atoms with E-state index in [2.05, 4.69) is 9.98 Å². The number of methoxy groups -OCH3 is 1. The second-order valence-corrected chi connectivity index (χ2v) is 5.95. The first-order valence-electron chi connectivity index (χ1n) is 8.10. The van der Waals surface area contributed by atoms with Crippen molar-refractivity contribution in [1.82, 2.24) is 4.98 Å². The molecular weight excluding hydrogens is 324 g/mol. The van der Waals surface area contributed by atoms with Crippen LogP contribution in [0, 0.1) is 0 Å². The highest BCUT2D eigenvalue weighted by atomic mass is 16.5. The summed E-state index contributed by atoms with van der Waals surface area (Å²) >= 11 is 0. The summed E-state index contributed by atoms with van der Waals surface area (Å²) in [4.78, 5) is 7.50. The van der Waals surface area contributed by atoms with Gasteiger partial charge in [-0.25, -0.2) is 4.99 Å². The minimum absolute atomic E-state index is 0.0620. The molecule has 0 saturated heterocycles. The summed E-state index contributed by atoms with van der Waals surface area (Å²) in [5, 5.41) is 19.1. The third-order valence-corrected chi connectivity index (χ3v) is 3.78. The van der Waals surface area contributed by atoms with E-state index in [1.54, 1.807) is 19.2 Å². The molecule has 0 radical (unpaired) electrons. The fraction of sp³-hybridized carbons (Fsp3) is 0.389. The highest BCUT2D eigenvalue weighted by Gasteiger charge is 2.21. The number of H-pyrrole nitrogens is 1. The number of ether oxygens (including phenoxy) is 3. The number of rotatable bonds is 7. The number of aliphatic imine (C=N–C) groups is 1. The zero-order chi connectivity index (χ0) is 17.8. The van der Waals surface area contributed by atoms with Crippen LogP contribution in [0.3, 0.4) is 0 Å². The average Bonchev–Trinajstić information content (AvgIpc) is 3.23. The summed E-state index contributed by atoms with van der Waals surface area (Å²) in [6.07, 6.45) is -0.416. The molecule has 1 aromatic carbocycles. The molecule has 0 spiro atoms. The van der Waals surface area contributed by atoms with Gasteiger partial charge in [-0.2, -0.15) is 0 Å². The molecule has 0 unspecified atom stereocenters. The van der Waals surface area contributed by atoms with Crippen molar-refractivity contribution in [1.29, 1.82) is 0 Å². The van der Waals surface area contributed by atoms with Gasteiger partial charge in [-0.3, -0.25) is 0 Å². The van der Waals surface area contributed by atoms with Gasteiger partial charge < -0.3 is 29.4 Å². The van der Waals surface area contributed by atoms with Gasteiger partial charge in [-0.1, -0.05) is 0 Å². The zero-order valence-corrected chi connectivity index (χ0v) is 14.2. The quantitative estimate of drug-likeness (QED) is 0.712. The normalized spacial score (nSPS) is 17.9. The second kappa shape index (κ2) is 7.58. The van der Waals surface area contributed by atoms with E-state index in [1.807, 2.05) is 25.1 Å². The summed E-state index contributed by atoms with van der Waals surface area (Å²) in [5.74, 6) is 1.16. The van der Waals surface area contributed by atoms with Gasteiger partial charge in [0.2, 0.25) is 5.90 Å². The lowest BCUT2D eigenvalue weighted by molar-refractivity contribution is 0.0919. The Morgan fingerprint density at radius 3 is 2.84 bits per heavy atom. The van der Waals surface area contributed by atoms with Gasteiger partial charge in [0.15, 0.2) is 0 Å². The van der Waals surface area contributed by atoms with Crippen LogP contribution < -0.4 is 4.74 Å². The predicted octanol–water partition coefficient (Wildman–Crippen LogP) is 1.94. The molecule has 1 aliphatic rings. The van der Waals surface area contributed by atoms with Crippen molar-refractivity contribution in [3.8, 4) is 22.8 Å². The second-order valence-electron chi connectivity index (χ2n) is 5.95. The van der Waals surface area contributed by atoms with E-state index in [-0.39, 0.29) is 24.6 Å². The zero-order valence-electron chi connectivity index (χ0n) is 14.2. The van der Waals surface area contributed by atoms with Crippen LogP contribution in [0.15, 0.2) is 35.3 Å². The molecule has 7 nitrogen and oxygen atoms in total. The largest absolute Gasteiger partial charge is 0.508 e. The highest BCUT2D eigenvalue weighted by Crippen LogP contribution is 2.30. The molecule has 2 heterocycles. The lowest BCUT2D eigenvalue weighted by Gasteiger charge is -2.14. The topological polar surface area (TPSA) is 96.3 Å². The van der Waals surface area contributed by atoms with E-state index in [9.17, 15) is 5.11 Å². The summed E-state index contributed by atoms with van der Waals surface area (Å²) in [5.41, 5.74) is 2.31. The SMILES string of the molecule is COC[C@H](C)Oc1cc(O)cc(-c2ccc(C3=NC[C@H](CO)O3)[nH]2)c1. The number of nitrogens with one attached hydrogen (secondary N) is 1. The molecule has 0 amide bonds. The molecule has 3 rings (SSSR count). The number of benzene rings is 1. The molecule has 0 fully saturated rings. The molecule has 1 aromatic heterocycles. The van der Waals surface area contributed by atoms with Crippen molar-refractivity contribution in [3.63, 3.8) is 0 Å². The van der Waals surface area contributed by atoms with Gasteiger partial charge in [0.05, 0.1) is 19.8 Å². The number of aliphatic hydroxyl groups is 1. The van der Waals surface area contributed by atoms with Gasteiger partial charge in [0.1, 0.15) is 29.4 Å². The van der Waals surface area contributed by atoms with Crippen LogP contribution in [-0.2, 0) is 9.47 Å². The Labute approximate surface area is 145 Å². The molecule has 2 aromatic rings. The number of phenols is 1. The Kier molecular flexibility index (Phi) is 5.25. The molecule has 2 atom stereocenters. The van der Waals surface area contributed by atoms with E-state index >= 15 is 0 Å². The van der Waals surface area contributed by atoms with E-state index in [0.29, 0.717) is 24.8 Å². The maximum Gasteiger partial charge on any atom is 0.233 e. The minimum atomic E-state index is -0.287. The Balaban J connectivity index is 1.79. The van der Waals surface area contributed by atoms with Crippen LogP contribution in [0.2, 0.25) is 0 Å². The van der Waals surface area contributed by atoms with Crippen molar-refractivity contribution < 1.29 is 24.4 Å². The maximum absolute atomic E-state index is 9.98. The molecule has 0 bridgehead atoms. The molecule has 1 aliphatic heterocycles. The molecule has 25 heavy (non-hydrogen) atoms. The first-order valence-corrected chi connectivity index (χ1v) is 8.10. The number of phenolic OH excluding ortho intramolecular Hbond substituents is 1. The fourth-order valence-corrected chi connectivity index (χ4v) is 2.66. The summed E-state index contributed by atoms with van der Waals surface area (Å²) in [6, 6.07) is 8.79. The van der Waals surface area contributed by atoms with Crippen molar-refractivity contribution in [2.75, 3.05) is 26.9 Å². The first kappa shape index (κ1) is 17.3. The van der Waals surface area contributed by atoms with Gasteiger partial charge in [0.25, 0.3) is 0 Å². The third-order valence-electron chi connectivity index (χ3n) is 3.78. The van der Waals surface area contributed by atoms with Crippen LogP contribution in [0.25, 0.3) is 11.3 Å². The smallest absolute Gasteiger partial charge is 0.233 e. The van der Waals surface area contributed by atoms with Crippen LogP contribution in [0.4, 0.5) is 0 Å². The minimum Gasteiger partial charge on any atom is -0.508 e. The standard InChI is InChI=1S/C18H22N2O5/c1-11(10-23-2)24-14-6-12(5-13(22)7-14)16-3-4-17(20-16)18-19-8-15(9-21)25-18/h3-7,11,15,20-22H,8-10H2,1-2H3/t11-,15+/m0/s1. The Bertz CT molecular complexity index is 756. The van der Waals surface area contributed by atoms with Crippen molar-refractivity contribution >= 4 is 5.90 Å². The van der Waals surface area contributed by atoms with Gasteiger partial charge in [0, 0.05) is 24.4 Å². The van der Waals surface area contributed by atoms with E-state index in [0.717, 1.165) is 17.0 Å². The van der Waals surface area contributed by atoms with Crippen LogP contribution in [0.1, 0.15) is 12.6 Å². The maximum atomic E-state index is 9.98. The first-order chi connectivity index (χ1) is 12.1. The van der Waals surface area contributed by atoms with Crippen LogP contribution in [-0.4, -0.2) is 60.2 Å². The van der Waals surface area contributed by atoms with Gasteiger partial charge in [-0.05, 0) is 31.2 Å². The molecular formula is C18H22N2O5. The van der Waals surface area contributed by atoms with Crippen LogP contribution in [0.5, 0.6) is 11.5 Å². The number of hydrogen-bond donors (Lipinski definition) is 3. The number of aromatic nitrogens is 1. The number of hydrogen-bond acceptors (Lipinski definition) is 6. The lowest BCUT2D eigenvalue weighted by Crippen LogP contribution is -2.18. The van der Waals surface area contributed by atoms with Crippen LogP contribution >= 0.6 is 0 Å². The summed E-state index contributed by atoms with van der Waals surface area (Å²) in [7, 11) is 1.61. The molecule has 134 valence electrons. The number of aromatic amines is 1. The van der Waals surface area contributed by atoms with E-state index in [1.165, 1.54) is 0 Å². The van der Waals surface area contributed by atoms with Crippen molar-refractivity contribution in [2.24, 2.45) is 4.99 Å². The van der Waals surface area contributed by atoms with E-state index < -0.39 is 0 Å². The fourth-order valence-electron chi connectivity index (χ4n) is 2.66. The van der Waals surface area contributed by atoms with Gasteiger partial charge in [-0.15, -0.1) is 0 Å². The van der Waals surface area contributed by atoms with E-state index in [4.69, 9.17) is 19.3 Å². The summed E-state index contributed by atoms with van der Waals surface area (Å²) < 4.78 is 16.4. The number of aliphatic hydroxyl groups excluding tert-OH is 1. The molecule has 0 saturated carbocycles. The predicted molar refractivity (Wildman–Crippen MR) is 93.2 cm³/mol. The summed E-state index contributed by atoms with van der Waals surface area (Å²) in [6.45, 7) is 2.74.